The van der Waals surface area contributed by atoms with E-state index in [0.717, 1.165) is 11.1 Å². The summed E-state index contributed by atoms with van der Waals surface area (Å²) >= 11 is 12.4. The molecule has 0 aliphatic heterocycles. The third-order valence-corrected chi connectivity index (χ3v) is 4.36. The molecule has 0 bridgehead atoms. The van der Waals surface area contributed by atoms with Crippen LogP contribution in [0.3, 0.4) is 0 Å². The molecule has 26 heavy (non-hydrogen) atoms. The fourth-order valence-corrected chi connectivity index (χ4v) is 3.18. The minimum absolute atomic E-state index is 0.263. The molecule has 0 radical (unpaired) electrons. The molecule has 0 aliphatic carbocycles. The van der Waals surface area contributed by atoms with Crippen molar-refractivity contribution in [3.8, 4) is 11.4 Å². The number of aliphatic carboxylic acids is 1. The summed E-state index contributed by atoms with van der Waals surface area (Å²) in [6.45, 7) is 1.89. The molecule has 0 atom stereocenters. The molecule has 0 spiro atoms. The Labute approximate surface area is 160 Å². The molecule has 1 aromatic carbocycles. The lowest BCUT2D eigenvalue weighted by Gasteiger charge is -2.13. The zero-order chi connectivity index (χ0) is 18.7. The first-order chi connectivity index (χ1) is 12.5. The number of H-pyrrole nitrogens is 1. The highest BCUT2D eigenvalue weighted by molar-refractivity contribution is 6.32. The van der Waals surface area contributed by atoms with Crippen molar-refractivity contribution in [2.45, 2.75) is 13.3 Å². The van der Waals surface area contributed by atoms with Crippen LogP contribution in [0.25, 0.3) is 17.0 Å². The molecule has 0 amide bonds. The van der Waals surface area contributed by atoms with E-state index in [2.05, 4.69) is 15.2 Å². The molecule has 132 valence electrons. The largest absolute Gasteiger partial charge is 0.550 e. The van der Waals surface area contributed by atoms with E-state index in [1.807, 2.05) is 19.1 Å². The van der Waals surface area contributed by atoms with Gasteiger partial charge in [0, 0.05) is 29.2 Å². The number of pyridine rings is 1. The van der Waals surface area contributed by atoms with Gasteiger partial charge in [0.05, 0.1) is 5.69 Å². The molecule has 1 N–H and O–H groups in total. The van der Waals surface area contributed by atoms with Crippen LogP contribution in [0.4, 0.5) is 0 Å². The molecule has 2 heterocycles. The summed E-state index contributed by atoms with van der Waals surface area (Å²) in [5, 5.41) is 18.9. The van der Waals surface area contributed by atoms with Gasteiger partial charge < -0.3 is 9.90 Å². The summed E-state index contributed by atoms with van der Waals surface area (Å²) in [4.78, 5) is 15.4. The molecule has 0 aliphatic rings. The first-order valence-electron chi connectivity index (χ1n) is 7.79. The number of benzene rings is 1. The monoisotopic (exact) mass is 386 g/mol. The molecular formula is C19H14Cl2N3O2-. The van der Waals surface area contributed by atoms with Crippen LogP contribution in [0.15, 0.2) is 48.7 Å². The van der Waals surface area contributed by atoms with Gasteiger partial charge in [0.2, 0.25) is 0 Å². The topological polar surface area (TPSA) is 81.7 Å². The molecule has 2 aromatic heterocycles. The summed E-state index contributed by atoms with van der Waals surface area (Å²) in [5.41, 5.74) is 4.05. The number of carbonyl (C=O) groups is 1. The van der Waals surface area contributed by atoms with Crippen LogP contribution >= 0.6 is 23.2 Å². The van der Waals surface area contributed by atoms with Crippen LogP contribution < -0.4 is 5.11 Å². The average Bonchev–Trinajstić information content (AvgIpc) is 2.99. The molecule has 7 heteroatoms. The number of halogens is 2. The Morgan fingerprint density at radius 3 is 2.73 bits per heavy atom. The lowest BCUT2D eigenvalue weighted by atomic mass is 9.93. The maximum absolute atomic E-state index is 11.0. The SMILES string of the molecule is Cc1cc(Cl)ccc1/C(=C/CC(=O)[O-])c1c(-c2ccccn2)n[nH]c1Cl. The molecule has 5 nitrogen and oxygen atoms in total. The standard InChI is InChI=1S/C19H15Cl2N3O2/c1-11-10-12(20)5-6-13(11)14(7-8-16(25)26)17-18(23-24-19(17)21)15-4-2-3-9-22-15/h2-7,9-10H,8H2,1H3,(H,23,24)(H,25,26)/p-1/b14-7-. The Balaban J connectivity index is 2.22. The zero-order valence-corrected chi connectivity index (χ0v) is 15.3. The van der Waals surface area contributed by atoms with Crippen molar-refractivity contribution >= 4 is 34.7 Å². The Morgan fingerprint density at radius 2 is 2.08 bits per heavy atom. The number of carbonyl (C=O) groups excluding carboxylic acids is 1. The van der Waals surface area contributed by atoms with Crippen LogP contribution in [0, 0.1) is 6.92 Å². The van der Waals surface area contributed by atoms with Crippen LogP contribution in [0.5, 0.6) is 0 Å². The van der Waals surface area contributed by atoms with Gasteiger partial charge in [-0.2, -0.15) is 5.10 Å². The zero-order valence-electron chi connectivity index (χ0n) is 13.8. The van der Waals surface area contributed by atoms with E-state index in [1.54, 1.807) is 36.5 Å². The normalized spacial score (nSPS) is 11.6. The molecular weight excluding hydrogens is 373 g/mol. The fraction of sp³-hybridized carbons (Fsp3) is 0.105. The second-order valence-corrected chi connectivity index (χ2v) is 6.44. The highest BCUT2D eigenvalue weighted by Crippen LogP contribution is 2.37. The number of hydrogen-bond donors (Lipinski definition) is 1. The van der Waals surface area contributed by atoms with Gasteiger partial charge >= 0.3 is 0 Å². The van der Waals surface area contributed by atoms with Crippen LogP contribution in [0.1, 0.15) is 23.1 Å². The lowest BCUT2D eigenvalue weighted by Crippen LogP contribution is -2.20. The van der Waals surface area contributed by atoms with Crippen molar-refractivity contribution in [1.82, 2.24) is 15.2 Å². The number of nitrogens with one attached hydrogen (secondary N) is 1. The number of rotatable bonds is 5. The number of carboxylic acid groups (broad SMARTS) is 1. The quantitative estimate of drug-likeness (QED) is 0.725. The van der Waals surface area contributed by atoms with E-state index >= 15 is 0 Å². The van der Waals surface area contributed by atoms with Crippen LogP contribution in [-0.2, 0) is 4.79 Å². The van der Waals surface area contributed by atoms with Crippen molar-refractivity contribution < 1.29 is 9.90 Å². The summed E-state index contributed by atoms with van der Waals surface area (Å²) in [7, 11) is 0. The number of aromatic nitrogens is 3. The van der Waals surface area contributed by atoms with Crippen molar-refractivity contribution in [2.75, 3.05) is 0 Å². The minimum atomic E-state index is -1.19. The van der Waals surface area contributed by atoms with Gasteiger partial charge in [-0.15, -0.1) is 0 Å². The van der Waals surface area contributed by atoms with Gasteiger partial charge in [-0.1, -0.05) is 41.4 Å². The maximum Gasteiger partial charge on any atom is 0.132 e. The number of aryl methyl sites for hydroxylation is 1. The van der Waals surface area contributed by atoms with Crippen molar-refractivity contribution in [3.63, 3.8) is 0 Å². The second-order valence-electron chi connectivity index (χ2n) is 5.63. The van der Waals surface area contributed by atoms with Gasteiger partial charge in [0.25, 0.3) is 0 Å². The van der Waals surface area contributed by atoms with E-state index < -0.39 is 5.97 Å². The number of nitrogens with zero attached hydrogens (tertiary/aromatic N) is 2. The molecule has 0 saturated heterocycles. The van der Waals surface area contributed by atoms with Gasteiger partial charge in [-0.25, -0.2) is 0 Å². The van der Waals surface area contributed by atoms with Crippen molar-refractivity contribution in [1.29, 1.82) is 0 Å². The maximum atomic E-state index is 11.0. The highest BCUT2D eigenvalue weighted by atomic mass is 35.5. The third-order valence-electron chi connectivity index (χ3n) is 3.85. The van der Waals surface area contributed by atoms with Crippen LogP contribution in [-0.4, -0.2) is 21.2 Å². The highest BCUT2D eigenvalue weighted by Gasteiger charge is 2.20. The van der Waals surface area contributed by atoms with Crippen LogP contribution in [0.2, 0.25) is 10.2 Å². The van der Waals surface area contributed by atoms with E-state index in [9.17, 15) is 9.90 Å². The van der Waals surface area contributed by atoms with E-state index in [0.29, 0.717) is 32.7 Å². The Kier molecular flexibility index (Phi) is 5.40. The third kappa shape index (κ3) is 3.79. The fourth-order valence-electron chi connectivity index (χ4n) is 2.72. The van der Waals surface area contributed by atoms with Gasteiger partial charge in [0.1, 0.15) is 10.8 Å². The van der Waals surface area contributed by atoms with Crippen molar-refractivity contribution in [3.05, 3.63) is 75.5 Å². The van der Waals surface area contributed by atoms with Gasteiger partial charge in [-0.05, 0) is 47.9 Å². The van der Waals surface area contributed by atoms with E-state index in [-0.39, 0.29) is 6.42 Å². The Hall–Kier alpha value is -2.63. The molecule has 0 unspecified atom stereocenters. The predicted octanol–water partition coefficient (Wildman–Crippen LogP) is 3.66. The summed E-state index contributed by atoms with van der Waals surface area (Å²) in [6, 6.07) is 10.8. The van der Waals surface area contributed by atoms with Crippen molar-refractivity contribution in [2.24, 2.45) is 0 Å². The minimum Gasteiger partial charge on any atom is -0.550 e. The Bertz CT molecular complexity index is 982. The molecule has 0 saturated carbocycles. The summed E-state index contributed by atoms with van der Waals surface area (Å²) in [6.07, 6.45) is 2.95. The molecule has 3 rings (SSSR count). The number of carboxylic acids is 1. The average molecular weight is 387 g/mol. The van der Waals surface area contributed by atoms with E-state index in [1.165, 1.54) is 0 Å². The first-order valence-corrected chi connectivity index (χ1v) is 8.55. The first kappa shape index (κ1) is 18.2. The molecule has 3 aromatic rings. The number of hydrogen-bond acceptors (Lipinski definition) is 4. The summed E-state index contributed by atoms with van der Waals surface area (Å²) in [5.74, 6) is -1.19. The smallest absolute Gasteiger partial charge is 0.132 e. The van der Waals surface area contributed by atoms with E-state index in [4.69, 9.17) is 23.2 Å². The van der Waals surface area contributed by atoms with Gasteiger partial charge in [-0.3, -0.25) is 10.1 Å². The molecule has 0 fully saturated rings. The lowest BCUT2D eigenvalue weighted by molar-refractivity contribution is -0.304. The second kappa shape index (κ2) is 7.72. The number of aromatic amines is 1. The Morgan fingerprint density at radius 1 is 1.27 bits per heavy atom. The summed E-state index contributed by atoms with van der Waals surface area (Å²) < 4.78 is 0. The van der Waals surface area contributed by atoms with Gasteiger partial charge in [0.15, 0.2) is 0 Å². The predicted molar refractivity (Wildman–Crippen MR) is 99.7 cm³/mol.